The maximum atomic E-state index is 13.3. The summed E-state index contributed by atoms with van der Waals surface area (Å²) in [6, 6.07) is 16.5. The number of fused-ring (bicyclic) bond motifs is 2. The van der Waals surface area contributed by atoms with Crippen molar-refractivity contribution in [2.45, 2.75) is 64.6 Å². The van der Waals surface area contributed by atoms with E-state index in [0.717, 1.165) is 63.8 Å². The molecule has 1 aliphatic heterocycles. The van der Waals surface area contributed by atoms with E-state index in [1.807, 2.05) is 48.7 Å². The summed E-state index contributed by atoms with van der Waals surface area (Å²) in [6.45, 7) is 10.9. The topological polar surface area (TPSA) is 109 Å². The first-order chi connectivity index (χ1) is 21.3. The zero-order chi connectivity index (χ0) is 30.8. The Labute approximate surface area is 256 Å². The summed E-state index contributed by atoms with van der Waals surface area (Å²) in [5.41, 5.74) is 5.40. The van der Waals surface area contributed by atoms with Crippen LogP contribution < -0.4 is 16.0 Å². The van der Waals surface area contributed by atoms with Crippen molar-refractivity contribution in [3.05, 3.63) is 90.0 Å². The third kappa shape index (κ3) is 6.16. The van der Waals surface area contributed by atoms with E-state index in [1.54, 1.807) is 10.7 Å². The lowest BCUT2D eigenvalue weighted by molar-refractivity contribution is -0.116. The lowest BCUT2D eigenvalue weighted by Gasteiger charge is -2.28. The second-order valence-corrected chi connectivity index (χ2v) is 11.8. The van der Waals surface area contributed by atoms with Gasteiger partial charge in [-0.25, -0.2) is 4.39 Å². The van der Waals surface area contributed by atoms with Gasteiger partial charge in [0.1, 0.15) is 0 Å². The molecule has 0 unspecified atom stereocenters. The summed E-state index contributed by atoms with van der Waals surface area (Å²) < 4.78 is 15.1. The third-order valence-electron chi connectivity index (χ3n) is 8.22. The number of halogens is 1. The molecular formula is C34H37FN8O. The van der Waals surface area contributed by atoms with Gasteiger partial charge in [-0.3, -0.25) is 9.78 Å². The number of pyridine rings is 1. The van der Waals surface area contributed by atoms with Crippen molar-refractivity contribution >= 4 is 34.1 Å². The summed E-state index contributed by atoms with van der Waals surface area (Å²) >= 11 is 0. The van der Waals surface area contributed by atoms with Crippen LogP contribution in [0.15, 0.2) is 73.3 Å². The number of nitrogens with one attached hydrogen (secondary N) is 3. The number of benzene rings is 2. The fraction of sp³-hybridized carbons (Fsp3) is 0.324. The fourth-order valence-corrected chi connectivity index (χ4v) is 5.70. The van der Waals surface area contributed by atoms with Crippen molar-refractivity contribution in [2.24, 2.45) is 0 Å². The van der Waals surface area contributed by atoms with Crippen LogP contribution in [0.5, 0.6) is 0 Å². The molecule has 3 aromatic heterocycles. The lowest BCUT2D eigenvalue weighted by atomic mass is 9.97. The molecule has 1 aliphatic rings. The molecule has 5 aromatic rings. The minimum absolute atomic E-state index is 0.0317. The first-order valence-corrected chi connectivity index (χ1v) is 15.1. The second kappa shape index (κ2) is 12.5. The number of Topliss-reactive ketones (excluding diaryl/α,β-unsaturated/α-hetero) is 1. The van der Waals surface area contributed by atoms with Crippen molar-refractivity contribution in [2.75, 3.05) is 17.2 Å². The van der Waals surface area contributed by atoms with Gasteiger partial charge in [0.05, 0.1) is 11.9 Å². The van der Waals surface area contributed by atoms with Crippen LogP contribution in [0, 0.1) is 0 Å². The van der Waals surface area contributed by atoms with Crippen molar-refractivity contribution in [1.29, 1.82) is 0 Å². The molecule has 6 rings (SSSR count). The number of aromatic nitrogens is 5. The van der Waals surface area contributed by atoms with Gasteiger partial charge in [0.2, 0.25) is 11.9 Å². The molecule has 1 fully saturated rings. The molecule has 9 nitrogen and oxygen atoms in total. The fourth-order valence-electron chi connectivity index (χ4n) is 5.70. The molecule has 2 aromatic carbocycles. The first kappa shape index (κ1) is 29.4. The smallest absolute Gasteiger partial charge is 0.229 e. The highest BCUT2D eigenvalue weighted by Crippen LogP contribution is 2.31. The molecule has 0 spiro atoms. The molecular weight excluding hydrogens is 555 g/mol. The predicted octanol–water partition coefficient (Wildman–Crippen LogP) is 6.22. The zero-order valence-corrected chi connectivity index (χ0v) is 25.3. The van der Waals surface area contributed by atoms with Gasteiger partial charge < -0.3 is 16.0 Å². The van der Waals surface area contributed by atoms with Gasteiger partial charge in [-0.1, -0.05) is 62.9 Å². The molecule has 0 bridgehead atoms. The van der Waals surface area contributed by atoms with Gasteiger partial charge >= 0.3 is 0 Å². The molecule has 226 valence electrons. The summed E-state index contributed by atoms with van der Waals surface area (Å²) in [6.07, 6.45) is 5.74. The number of hydrogen-bond donors (Lipinski definition) is 3. The normalized spacial score (nSPS) is 16.8. The predicted molar refractivity (Wildman–Crippen MR) is 172 cm³/mol. The van der Waals surface area contributed by atoms with Gasteiger partial charge in [-0.05, 0) is 48.3 Å². The van der Waals surface area contributed by atoms with E-state index < -0.39 is 11.6 Å². The number of ketones is 1. The molecule has 2 atom stereocenters. The highest BCUT2D eigenvalue weighted by atomic mass is 19.1. The number of nitrogens with zero attached hydrogens (tertiary/aromatic N) is 5. The number of carbonyl (C=O) groups excluding carboxylic acids is 1. The van der Waals surface area contributed by atoms with E-state index >= 15 is 0 Å². The number of rotatable bonds is 10. The molecule has 10 heteroatoms. The number of hydrogen-bond acceptors (Lipinski definition) is 8. The summed E-state index contributed by atoms with van der Waals surface area (Å²) in [4.78, 5) is 26.4. The number of carbonyl (C=O) groups is 1. The number of piperidine rings is 1. The summed E-state index contributed by atoms with van der Waals surface area (Å²) in [5.74, 6) is -0.103. The van der Waals surface area contributed by atoms with Crippen LogP contribution in [0.25, 0.3) is 27.7 Å². The number of allylic oxidation sites excluding steroid dienone is 1. The van der Waals surface area contributed by atoms with Gasteiger partial charge in [0.15, 0.2) is 17.3 Å². The SMILES string of the molecule is C=C(F)C(=O)Cc1ccc2c(-c3ccccc3CNc3nc(N[C@@H]4CC[C@@H](C)NC4)nc4c(C(C)C)cnn34)nccc2c1. The molecule has 44 heavy (non-hydrogen) atoms. The number of anilines is 2. The minimum atomic E-state index is -0.929. The Morgan fingerprint density at radius 1 is 1.16 bits per heavy atom. The Morgan fingerprint density at radius 3 is 2.77 bits per heavy atom. The van der Waals surface area contributed by atoms with Crippen LogP contribution >= 0.6 is 0 Å². The van der Waals surface area contributed by atoms with Crippen molar-refractivity contribution in [3.8, 4) is 11.3 Å². The molecule has 0 aliphatic carbocycles. The molecule has 0 radical (unpaired) electrons. The van der Waals surface area contributed by atoms with Gasteiger partial charge in [0.25, 0.3) is 0 Å². The summed E-state index contributed by atoms with van der Waals surface area (Å²) in [7, 11) is 0. The monoisotopic (exact) mass is 592 g/mol. The van der Waals surface area contributed by atoms with Crippen LogP contribution in [-0.2, 0) is 17.8 Å². The van der Waals surface area contributed by atoms with Crippen LogP contribution in [-0.4, -0.2) is 49.0 Å². The lowest BCUT2D eigenvalue weighted by Crippen LogP contribution is -2.43. The zero-order valence-electron chi connectivity index (χ0n) is 25.3. The van der Waals surface area contributed by atoms with Gasteiger partial charge in [-0.15, -0.1) is 0 Å². The maximum Gasteiger partial charge on any atom is 0.229 e. The minimum Gasteiger partial charge on any atom is -0.350 e. The van der Waals surface area contributed by atoms with Crippen LogP contribution in [0.4, 0.5) is 16.3 Å². The van der Waals surface area contributed by atoms with Crippen LogP contribution in [0.3, 0.4) is 0 Å². The average molecular weight is 593 g/mol. The molecule has 0 amide bonds. The average Bonchev–Trinajstić information content (AvgIpc) is 3.45. The Bertz CT molecular complexity index is 1840. The van der Waals surface area contributed by atoms with E-state index in [0.29, 0.717) is 24.5 Å². The Hall–Kier alpha value is -4.70. The first-order valence-electron chi connectivity index (χ1n) is 15.1. The Morgan fingerprint density at radius 2 is 2.00 bits per heavy atom. The summed E-state index contributed by atoms with van der Waals surface area (Å²) in [5, 5.41) is 17.1. The van der Waals surface area contributed by atoms with E-state index in [2.05, 4.69) is 54.5 Å². The van der Waals surface area contributed by atoms with E-state index in [-0.39, 0.29) is 18.4 Å². The second-order valence-electron chi connectivity index (χ2n) is 11.8. The van der Waals surface area contributed by atoms with E-state index in [9.17, 15) is 9.18 Å². The van der Waals surface area contributed by atoms with E-state index in [4.69, 9.17) is 15.0 Å². The largest absolute Gasteiger partial charge is 0.350 e. The Balaban J connectivity index is 1.31. The van der Waals surface area contributed by atoms with Crippen LogP contribution in [0.1, 0.15) is 56.2 Å². The van der Waals surface area contributed by atoms with Gasteiger partial charge in [0, 0.05) is 54.3 Å². The van der Waals surface area contributed by atoms with Gasteiger partial charge in [-0.2, -0.15) is 19.6 Å². The molecule has 3 N–H and O–H groups in total. The highest BCUT2D eigenvalue weighted by molar-refractivity contribution is 5.98. The molecule has 1 saturated heterocycles. The Kier molecular flexibility index (Phi) is 8.34. The van der Waals surface area contributed by atoms with Crippen molar-refractivity contribution in [1.82, 2.24) is 29.9 Å². The highest BCUT2D eigenvalue weighted by Gasteiger charge is 2.21. The molecule has 0 saturated carbocycles. The molecule has 4 heterocycles. The maximum absolute atomic E-state index is 13.3. The third-order valence-corrected chi connectivity index (χ3v) is 8.22. The quantitative estimate of drug-likeness (QED) is 0.164. The van der Waals surface area contributed by atoms with E-state index in [1.165, 1.54) is 0 Å². The van der Waals surface area contributed by atoms with Crippen molar-refractivity contribution in [3.63, 3.8) is 0 Å². The van der Waals surface area contributed by atoms with Crippen molar-refractivity contribution < 1.29 is 9.18 Å². The van der Waals surface area contributed by atoms with Crippen LogP contribution in [0.2, 0.25) is 0 Å². The standard InChI is InChI=1S/C34H37FN8O/c1-20(2)29-19-39-43-32(29)41-33(40-26-11-9-21(3)37-18-26)42-34(43)38-17-25-7-5-6-8-27(25)31-28-12-10-23(16-30(44)22(4)35)15-24(28)13-14-36-31/h5-8,10,12-15,19-21,26,37H,4,9,11,16-18H2,1-3H3,(H2,38,40,41,42)/t21-,26-/m1/s1.